The highest BCUT2D eigenvalue weighted by Gasteiger charge is 2.18. The van der Waals surface area contributed by atoms with Crippen LogP contribution in [0.3, 0.4) is 0 Å². The molecular weight excluding hydrogens is 158 g/mol. The maximum Gasteiger partial charge on any atom is 0.00430 e. The second kappa shape index (κ2) is 4.43. The molecule has 0 spiro atoms. The zero-order valence-corrected chi connectivity index (χ0v) is 8.80. The van der Waals surface area contributed by atoms with Crippen molar-refractivity contribution in [1.29, 1.82) is 0 Å². The van der Waals surface area contributed by atoms with Crippen LogP contribution in [0.25, 0.3) is 0 Å². The van der Waals surface area contributed by atoms with E-state index < -0.39 is 0 Å². The van der Waals surface area contributed by atoms with Gasteiger partial charge in [0.25, 0.3) is 0 Å². The third kappa shape index (κ3) is 2.85. The molecule has 0 heterocycles. The van der Waals surface area contributed by atoms with Crippen LogP contribution in [0.5, 0.6) is 0 Å². The molecule has 72 valence electrons. The molecule has 1 aromatic rings. The normalized spacial score (nSPS) is 11.6. The van der Waals surface area contributed by atoms with Crippen LogP contribution in [0.1, 0.15) is 26.3 Å². The van der Waals surface area contributed by atoms with E-state index in [0.29, 0.717) is 0 Å². The highest BCUT2D eigenvalue weighted by atomic mass is 14.9. The summed E-state index contributed by atoms with van der Waals surface area (Å²) in [5.74, 6) is 0. The number of benzene rings is 1. The van der Waals surface area contributed by atoms with E-state index in [2.05, 4.69) is 56.4 Å². The summed E-state index contributed by atoms with van der Waals surface area (Å²) in [7, 11) is 0. The van der Waals surface area contributed by atoms with Crippen LogP contribution in [0, 0.1) is 0 Å². The van der Waals surface area contributed by atoms with Gasteiger partial charge in [-0.25, -0.2) is 0 Å². The minimum Gasteiger partial charge on any atom is -0.316 e. The van der Waals surface area contributed by atoms with Crippen molar-refractivity contribution < 1.29 is 0 Å². The molecule has 0 aromatic heterocycles. The fourth-order valence-corrected chi connectivity index (χ4v) is 1.43. The summed E-state index contributed by atoms with van der Waals surface area (Å²) in [6, 6.07) is 10.6. The third-order valence-corrected chi connectivity index (χ3v) is 2.37. The number of nitrogens with one attached hydrogen (secondary N) is 1. The fraction of sp³-hybridized carbons (Fsp3) is 0.500. The molecule has 1 N–H and O–H groups in total. The third-order valence-electron chi connectivity index (χ3n) is 2.37. The van der Waals surface area contributed by atoms with Crippen LogP contribution >= 0.6 is 0 Å². The van der Waals surface area contributed by atoms with Crippen molar-refractivity contribution in [2.75, 3.05) is 13.1 Å². The Morgan fingerprint density at radius 2 is 1.77 bits per heavy atom. The van der Waals surface area contributed by atoms with Crippen LogP contribution in [0.2, 0.25) is 0 Å². The lowest BCUT2D eigenvalue weighted by atomic mass is 9.85. The summed E-state index contributed by atoms with van der Waals surface area (Å²) in [6.45, 7) is 8.75. The number of rotatable bonds is 4. The summed E-state index contributed by atoms with van der Waals surface area (Å²) < 4.78 is 0. The molecule has 0 atom stereocenters. The molecule has 0 aliphatic heterocycles. The SMILES string of the molecule is CCNCC(C)(C)c1ccccc1. The number of hydrogen-bond acceptors (Lipinski definition) is 1. The molecule has 0 radical (unpaired) electrons. The zero-order chi connectivity index (χ0) is 9.73. The van der Waals surface area contributed by atoms with E-state index in [1.807, 2.05) is 0 Å². The van der Waals surface area contributed by atoms with Crippen LogP contribution in [0.4, 0.5) is 0 Å². The summed E-state index contributed by atoms with van der Waals surface area (Å²) in [4.78, 5) is 0. The lowest BCUT2D eigenvalue weighted by Crippen LogP contribution is -2.32. The van der Waals surface area contributed by atoms with Gasteiger partial charge < -0.3 is 5.32 Å². The van der Waals surface area contributed by atoms with Gasteiger partial charge in [0.15, 0.2) is 0 Å². The van der Waals surface area contributed by atoms with Crippen LogP contribution < -0.4 is 5.32 Å². The van der Waals surface area contributed by atoms with E-state index in [0.717, 1.165) is 13.1 Å². The van der Waals surface area contributed by atoms with E-state index in [9.17, 15) is 0 Å². The van der Waals surface area contributed by atoms with Gasteiger partial charge >= 0.3 is 0 Å². The molecule has 0 amide bonds. The summed E-state index contributed by atoms with van der Waals surface area (Å²) >= 11 is 0. The van der Waals surface area contributed by atoms with Gasteiger partial charge in [-0.15, -0.1) is 0 Å². The summed E-state index contributed by atoms with van der Waals surface area (Å²) in [6.07, 6.45) is 0. The van der Waals surface area contributed by atoms with Gasteiger partial charge in [-0.1, -0.05) is 51.1 Å². The second-order valence-corrected chi connectivity index (χ2v) is 4.03. The quantitative estimate of drug-likeness (QED) is 0.745. The topological polar surface area (TPSA) is 12.0 Å². The lowest BCUT2D eigenvalue weighted by molar-refractivity contribution is 0.477. The minimum atomic E-state index is 0.233. The van der Waals surface area contributed by atoms with E-state index in [4.69, 9.17) is 0 Å². The molecule has 0 saturated carbocycles. The monoisotopic (exact) mass is 177 g/mol. The largest absolute Gasteiger partial charge is 0.316 e. The van der Waals surface area contributed by atoms with Crippen molar-refractivity contribution in [2.24, 2.45) is 0 Å². The first-order valence-electron chi connectivity index (χ1n) is 4.93. The first kappa shape index (κ1) is 10.3. The Morgan fingerprint density at radius 1 is 1.15 bits per heavy atom. The zero-order valence-electron chi connectivity index (χ0n) is 8.80. The molecule has 0 aliphatic carbocycles. The molecule has 1 nitrogen and oxygen atoms in total. The summed E-state index contributed by atoms with van der Waals surface area (Å²) in [5.41, 5.74) is 1.63. The Kier molecular flexibility index (Phi) is 3.49. The first-order valence-corrected chi connectivity index (χ1v) is 4.93. The van der Waals surface area contributed by atoms with Gasteiger partial charge in [0, 0.05) is 12.0 Å². The molecule has 0 aliphatic rings. The molecule has 1 rings (SSSR count). The van der Waals surface area contributed by atoms with E-state index in [1.165, 1.54) is 5.56 Å². The van der Waals surface area contributed by atoms with Crippen molar-refractivity contribution in [3.63, 3.8) is 0 Å². The molecule has 0 fully saturated rings. The Bertz CT molecular complexity index is 239. The Balaban J connectivity index is 2.69. The standard InChI is InChI=1S/C12H19N/c1-4-13-10-12(2,3)11-8-6-5-7-9-11/h5-9,13H,4,10H2,1-3H3. The number of hydrogen-bond donors (Lipinski definition) is 1. The molecule has 0 bridgehead atoms. The van der Waals surface area contributed by atoms with Gasteiger partial charge in [0.2, 0.25) is 0 Å². The van der Waals surface area contributed by atoms with Gasteiger partial charge in [-0.2, -0.15) is 0 Å². The highest BCUT2D eigenvalue weighted by molar-refractivity contribution is 5.23. The first-order chi connectivity index (χ1) is 6.17. The van der Waals surface area contributed by atoms with Crippen LogP contribution in [-0.4, -0.2) is 13.1 Å². The fourth-order valence-electron chi connectivity index (χ4n) is 1.43. The lowest BCUT2D eigenvalue weighted by Gasteiger charge is -2.25. The van der Waals surface area contributed by atoms with E-state index in [-0.39, 0.29) is 5.41 Å². The average Bonchev–Trinajstić information content (AvgIpc) is 2.16. The number of likely N-dealkylation sites (N-methyl/N-ethyl adjacent to an activating group) is 1. The average molecular weight is 177 g/mol. The van der Waals surface area contributed by atoms with Gasteiger partial charge in [-0.3, -0.25) is 0 Å². The Labute approximate surface area is 81.2 Å². The van der Waals surface area contributed by atoms with E-state index in [1.54, 1.807) is 0 Å². The Hall–Kier alpha value is -0.820. The second-order valence-electron chi connectivity index (χ2n) is 4.03. The van der Waals surface area contributed by atoms with Crippen molar-refractivity contribution in [3.05, 3.63) is 35.9 Å². The van der Waals surface area contributed by atoms with Crippen LogP contribution in [-0.2, 0) is 5.41 Å². The predicted octanol–water partition coefficient (Wildman–Crippen LogP) is 2.57. The van der Waals surface area contributed by atoms with E-state index >= 15 is 0 Å². The molecule has 0 unspecified atom stereocenters. The minimum absolute atomic E-state index is 0.233. The Morgan fingerprint density at radius 3 is 2.31 bits per heavy atom. The van der Waals surface area contributed by atoms with Gasteiger partial charge in [0.05, 0.1) is 0 Å². The van der Waals surface area contributed by atoms with Gasteiger partial charge in [0.1, 0.15) is 0 Å². The maximum absolute atomic E-state index is 3.39. The highest BCUT2D eigenvalue weighted by Crippen LogP contribution is 2.21. The van der Waals surface area contributed by atoms with Crippen LogP contribution in [0.15, 0.2) is 30.3 Å². The molecule has 13 heavy (non-hydrogen) atoms. The van der Waals surface area contributed by atoms with Crippen molar-refractivity contribution in [2.45, 2.75) is 26.2 Å². The van der Waals surface area contributed by atoms with Crippen molar-refractivity contribution >= 4 is 0 Å². The van der Waals surface area contributed by atoms with Crippen molar-refractivity contribution in [1.82, 2.24) is 5.32 Å². The smallest absolute Gasteiger partial charge is 0.00430 e. The van der Waals surface area contributed by atoms with Gasteiger partial charge in [-0.05, 0) is 12.1 Å². The molecule has 1 aromatic carbocycles. The van der Waals surface area contributed by atoms with Crippen molar-refractivity contribution in [3.8, 4) is 0 Å². The predicted molar refractivity (Wildman–Crippen MR) is 58.0 cm³/mol. The summed E-state index contributed by atoms with van der Waals surface area (Å²) in [5, 5.41) is 3.39. The molecule has 0 saturated heterocycles. The maximum atomic E-state index is 3.39. The molecular formula is C12H19N. The molecule has 1 heteroatoms.